The lowest BCUT2D eigenvalue weighted by molar-refractivity contribution is -0.117. The van der Waals surface area contributed by atoms with Crippen LogP contribution >= 0.6 is 34.8 Å². The zero-order valence-electron chi connectivity index (χ0n) is 17.7. The van der Waals surface area contributed by atoms with Gasteiger partial charge in [0, 0.05) is 23.2 Å². The van der Waals surface area contributed by atoms with Crippen LogP contribution in [-0.2, 0) is 4.79 Å². The smallest absolute Gasteiger partial charge is 0.257 e. The van der Waals surface area contributed by atoms with Crippen molar-refractivity contribution in [1.82, 2.24) is 0 Å². The molecule has 0 heterocycles. The summed E-state index contributed by atoms with van der Waals surface area (Å²) in [5, 5.41) is 4.96. The number of halogens is 6. The number of hydrogen-bond donors (Lipinski definition) is 2. The predicted molar refractivity (Wildman–Crippen MR) is 132 cm³/mol. The minimum Gasteiger partial charge on any atom is -0.326 e. The first-order valence-electron chi connectivity index (χ1n) is 10.2. The minimum atomic E-state index is -1.46. The Hall–Kier alpha value is -3.00. The van der Waals surface area contributed by atoms with Gasteiger partial charge in [-0.05, 0) is 42.0 Å². The molecule has 1 aliphatic rings. The normalized spacial score (nSPS) is 18.0. The summed E-state index contributed by atoms with van der Waals surface area (Å²) in [7, 11) is 0. The van der Waals surface area contributed by atoms with Crippen molar-refractivity contribution < 1.29 is 22.8 Å². The highest BCUT2D eigenvalue weighted by Crippen LogP contribution is 2.65. The molecule has 1 saturated carbocycles. The van der Waals surface area contributed by atoms with Gasteiger partial charge in [0.2, 0.25) is 5.91 Å². The molecule has 4 rings (SSSR count). The molecule has 1 aliphatic carbocycles. The molecule has 35 heavy (non-hydrogen) atoms. The van der Waals surface area contributed by atoms with Crippen LogP contribution in [0.4, 0.5) is 24.5 Å². The van der Waals surface area contributed by atoms with Crippen molar-refractivity contribution in [2.75, 3.05) is 10.6 Å². The molecule has 2 atom stereocenters. The summed E-state index contributed by atoms with van der Waals surface area (Å²) in [6.07, 6.45) is 1.36. The summed E-state index contributed by atoms with van der Waals surface area (Å²) >= 11 is 18.8. The molecule has 2 unspecified atom stereocenters. The van der Waals surface area contributed by atoms with Crippen molar-refractivity contribution in [3.05, 3.63) is 100 Å². The van der Waals surface area contributed by atoms with E-state index in [0.717, 1.165) is 12.1 Å². The van der Waals surface area contributed by atoms with Gasteiger partial charge in [-0.15, -0.1) is 23.2 Å². The topological polar surface area (TPSA) is 58.2 Å². The van der Waals surface area contributed by atoms with E-state index >= 15 is 0 Å². The first kappa shape index (κ1) is 25.1. The van der Waals surface area contributed by atoms with E-state index in [1.165, 1.54) is 36.4 Å². The number of anilines is 2. The molecule has 3 aromatic rings. The van der Waals surface area contributed by atoms with Crippen LogP contribution in [0.25, 0.3) is 6.08 Å². The molecule has 0 aliphatic heterocycles. The number of hydrogen-bond acceptors (Lipinski definition) is 2. The number of carbonyl (C=O) groups is 2. The van der Waals surface area contributed by atoms with Crippen molar-refractivity contribution >= 4 is 64.1 Å². The van der Waals surface area contributed by atoms with Crippen molar-refractivity contribution in [3.8, 4) is 0 Å². The van der Waals surface area contributed by atoms with Gasteiger partial charge in [-0.1, -0.05) is 36.4 Å². The third kappa shape index (κ3) is 5.03. The van der Waals surface area contributed by atoms with Gasteiger partial charge in [0.15, 0.2) is 0 Å². The molecule has 1 fully saturated rings. The van der Waals surface area contributed by atoms with Gasteiger partial charge < -0.3 is 10.6 Å². The Morgan fingerprint density at radius 1 is 0.943 bits per heavy atom. The maximum atomic E-state index is 14.2. The van der Waals surface area contributed by atoms with Gasteiger partial charge in [-0.3, -0.25) is 9.59 Å². The van der Waals surface area contributed by atoms with Gasteiger partial charge in [0.1, 0.15) is 21.8 Å². The Kier molecular flexibility index (Phi) is 6.86. The number of amides is 2. The van der Waals surface area contributed by atoms with Crippen molar-refractivity contribution in [2.45, 2.75) is 10.3 Å². The molecule has 0 radical (unpaired) electrons. The predicted octanol–water partition coefficient (Wildman–Crippen LogP) is 7.18. The quantitative estimate of drug-likeness (QED) is 0.326. The fraction of sp³-hybridized carbons (Fsp3) is 0.120. The van der Waals surface area contributed by atoms with Gasteiger partial charge in [0.05, 0.1) is 22.2 Å². The zero-order chi connectivity index (χ0) is 25.5. The highest BCUT2D eigenvalue weighted by molar-refractivity contribution is 6.53. The molecule has 0 bridgehead atoms. The lowest BCUT2D eigenvalue weighted by Gasteiger charge is -2.11. The second kappa shape index (κ2) is 9.57. The molecule has 0 saturated heterocycles. The van der Waals surface area contributed by atoms with E-state index in [0.29, 0.717) is 17.2 Å². The fourth-order valence-corrected chi connectivity index (χ4v) is 4.78. The van der Waals surface area contributed by atoms with Crippen LogP contribution in [0.1, 0.15) is 27.4 Å². The number of alkyl halides is 2. The van der Waals surface area contributed by atoms with Crippen molar-refractivity contribution in [1.29, 1.82) is 0 Å². The number of nitrogens with one attached hydrogen (secondary N) is 2. The fourth-order valence-electron chi connectivity index (χ4n) is 3.75. The van der Waals surface area contributed by atoms with Crippen LogP contribution in [0.5, 0.6) is 0 Å². The molecule has 0 aromatic heterocycles. The lowest BCUT2D eigenvalue weighted by atomic mass is 10.1. The zero-order valence-corrected chi connectivity index (χ0v) is 20.0. The molecular weight excluding hydrogens is 524 g/mol. The monoisotopic (exact) mass is 538 g/mol. The number of benzene rings is 3. The van der Waals surface area contributed by atoms with E-state index in [-0.39, 0.29) is 22.0 Å². The van der Waals surface area contributed by atoms with Crippen LogP contribution in [0.3, 0.4) is 0 Å². The summed E-state index contributed by atoms with van der Waals surface area (Å²) in [6, 6.07) is 11.2. The van der Waals surface area contributed by atoms with E-state index in [2.05, 4.69) is 17.2 Å². The second-order valence-corrected chi connectivity index (χ2v) is 9.73. The third-order valence-corrected chi connectivity index (χ3v) is 6.87. The standard InChI is InChI=1S/C25H16Cl3F3N2O2/c1-2-12-3-4-13(9-18(12)30)21-22(25(21,27)28)24(35)32-15-6-7-17(26)16(11-15)23(34)33-20-8-5-14(29)10-19(20)31/h2-11,21-22H,1H2,(H,32,35)(H,33,34). The maximum absolute atomic E-state index is 14.2. The van der Waals surface area contributed by atoms with Crippen molar-refractivity contribution in [2.24, 2.45) is 5.92 Å². The molecule has 10 heteroatoms. The van der Waals surface area contributed by atoms with Crippen LogP contribution in [-0.4, -0.2) is 16.1 Å². The molecule has 180 valence electrons. The highest BCUT2D eigenvalue weighted by atomic mass is 35.5. The summed E-state index contributed by atoms with van der Waals surface area (Å²) in [6.45, 7) is 3.53. The van der Waals surface area contributed by atoms with Crippen LogP contribution in [0, 0.1) is 23.4 Å². The molecule has 2 amide bonds. The van der Waals surface area contributed by atoms with Gasteiger partial charge in [0.25, 0.3) is 5.91 Å². The van der Waals surface area contributed by atoms with E-state index < -0.39 is 45.4 Å². The Morgan fingerprint density at radius 3 is 2.34 bits per heavy atom. The average Bonchev–Trinajstić information content (AvgIpc) is 3.38. The highest BCUT2D eigenvalue weighted by Gasteiger charge is 2.67. The largest absolute Gasteiger partial charge is 0.326 e. The summed E-state index contributed by atoms with van der Waals surface area (Å²) < 4.78 is 39.7. The first-order valence-corrected chi connectivity index (χ1v) is 11.3. The summed E-state index contributed by atoms with van der Waals surface area (Å²) in [4.78, 5) is 25.5. The summed E-state index contributed by atoms with van der Waals surface area (Å²) in [5.41, 5.74) is 0.651. The minimum absolute atomic E-state index is 0.0362. The maximum Gasteiger partial charge on any atom is 0.257 e. The molecule has 2 N–H and O–H groups in total. The average molecular weight is 540 g/mol. The van der Waals surface area contributed by atoms with E-state index in [9.17, 15) is 22.8 Å². The molecule has 0 spiro atoms. The first-order chi connectivity index (χ1) is 16.5. The third-order valence-electron chi connectivity index (χ3n) is 5.60. The van der Waals surface area contributed by atoms with E-state index in [1.807, 2.05) is 0 Å². The van der Waals surface area contributed by atoms with Crippen LogP contribution in [0.15, 0.2) is 61.2 Å². The number of carbonyl (C=O) groups excluding carboxylic acids is 2. The van der Waals surface area contributed by atoms with E-state index in [4.69, 9.17) is 34.8 Å². The lowest BCUT2D eigenvalue weighted by Crippen LogP contribution is -2.18. The molecular formula is C25H16Cl3F3N2O2. The van der Waals surface area contributed by atoms with E-state index in [1.54, 1.807) is 6.07 Å². The van der Waals surface area contributed by atoms with Gasteiger partial charge in [-0.2, -0.15) is 0 Å². The van der Waals surface area contributed by atoms with Gasteiger partial charge in [-0.25, -0.2) is 13.2 Å². The Balaban J connectivity index is 1.51. The Bertz CT molecular complexity index is 1360. The Labute approximate surface area is 213 Å². The molecule has 3 aromatic carbocycles. The Morgan fingerprint density at radius 2 is 1.69 bits per heavy atom. The second-order valence-electron chi connectivity index (χ2n) is 7.88. The molecule has 4 nitrogen and oxygen atoms in total. The van der Waals surface area contributed by atoms with Crippen LogP contribution in [0.2, 0.25) is 5.02 Å². The number of rotatable bonds is 6. The van der Waals surface area contributed by atoms with Gasteiger partial charge >= 0.3 is 0 Å². The van der Waals surface area contributed by atoms with Crippen molar-refractivity contribution in [3.63, 3.8) is 0 Å². The van der Waals surface area contributed by atoms with Crippen LogP contribution < -0.4 is 10.6 Å². The summed E-state index contributed by atoms with van der Waals surface area (Å²) in [5.74, 6) is -5.14. The SMILES string of the molecule is C=Cc1ccc(C2C(C(=O)Nc3ccc(Cl)c(C(=O)Nc4ccc(F)cc4F)c3)C2(Cl)Cl)cc1F.